The highest BCUT2D eigenvalue weighted by molar-refractivity contribution is 7.98. The van der Waals surface area contributed by atoms with Gasteiger partial charge in [0.25, 0.3) is 5.91 Å². The minimum Gasteiger partial charge on any atom is -0.462 e. The van der Waals surface area contributed by atoms with Crippen LogP contribution in [0.3, 0.4) is 0 Å². The number of ether oxygens (including phenoxy) is 1. The van der Waals surface area contributed by atoms with E-state index in [1.54, 1.807) is 24.4 Å². The predicted octanol–water partition coefficient (Wildman–Crippen LogP) is 2.19. The van der Waals surface area contributed by atoms with Gasteiger partial charge in [-0.1, -0.05) is 17.8 Å². The van der Waals surface area contributed by atoms with Gasteiger partial charge in [-0.05, 0) is 24.6 Å². The van der Waals surface area contributed by atoms with Gasteiger partial charge in [0.15, 0.2) is 11.0 Å². The number of amides is 1. The molecular weight excluding hydrogens is 324 g/mol. The fourth-order valence-corrected chi connectivity index (χ4v) is 2.46. The van der Waals surface area contributed by atoms with Crippen molar-refractivity contribution in [3.8, 4) is 0 Å². The zero-order chi connectivity index (χ0) is 15.9. The first-order valence-corrected chi connectivity index (χ1v) is 8.44. The van der Waals surface area contributed by atoms with Gasteiger partial charge >= 0.3 is 5.97 Å². The third kappa shape index (κ3) is 3.95. The molecule has 0 saturated carbocycles. The molecule has 1 amide bonds. The minimum atomic E-state index is -0.553. The molecule has 0 unspecified atom stereocenters. The van der Waals surface area contributed by atoms with Crippen LogP contribution in [0.2, 0.25) is 0 Å². The van der Waals surface area contributed by atoms with Gasteiger partial charge in [-0.2, -0.15) is 0 Å². The van der Waals surface area contributed by atoms with Gasteiger partial charge in [-0.25, -0.2) is 14.8 Å². The van der Waals surface area contributed by atoms with Crippen LogP contribution in [0.5, 0.6) is 0 Å². The maximum atomic E-state index is 11.9. The maximum Gasteiger partial charge on any atom is 0.343 e. The first-order chi connectivity index (χ1) is 10.7. The summed E-state index contributed by atoms with van der Waals surface area (Å²) in [5, 5.41) is 2.27. The number of nitrogens with zero attached hydrogens (tertiary/aromatic N) is 2. The Labute approximate surface area is 135 Å². The monoisotopic (exact) mass is 338 g/mol. The number of nitrogens with one attached hydrogen (secondary N) is 2. The Bertz CT molecular complexity index is 661. The summed E-state index contributed by atoms with van der Waals surface area (Å²) in [6, 6.07) is 3.47. The SMILES string of the molecule is CCOC(=O)c1cnc(SC)nc1NNC(=O)c1cccs1. The van der Waals surface area contributed by atoms with Gasteiger partial charge in [-0.15, -0.1) is 11.3 Å². The van der Waals surface area contributed by atoms with Crippen molar-refractivity contribution in [2.24, 2.45) is 0 Å². The average molecular weight is 338 g/mol. The molecule has 2 heterocycles. The third-order valence-corrected chi connectivity index (χ3v) is 3.91. The van der Waals surface area contributed by atoms with Crippen molar-refractivity contribution in [3.63, 3.8) is 0 Å². The third-order valence-electron chi connectivity index (χ3n) is 2.48. The molecule has 2 aromatic rings. The van der Waals surface area contributed by atoms with Crippen LogP contribution in [0, 0.1) is 0 Å². The highest BCUT2D eigenvalue weighted by atomic mass is 32.2. The van der Waals surface area contributed by atoms with Gasteiger partial charge in [-0.3, -0.25) is 15.6 Å². The van der Waals surface area contributed by atoms with Crippen molar-refractivity contribution in [2.45, 2.75) is 12.1 Å². The van der Waals surface area contributed by atoms with Crippen LogP contribution in [0.4, 0.5) is 5.82 Å². The number of hydrogen-bond acceptors (Lipinski definition) is 8. The molecule has 0 atom stereocenters. The normalized spacial score (nSPS) is 10.1. The van der Waals surface area contributed by atoms with Crippen LogP contribution in [0.15, 0.2) is 28.9 Å². The van der Waals surface area contributed by atoms with E-state index in [0.29, 0.717) is 10.0 Å². The van der Waals surface area contributed by atoms with Crippen LogP contribution in [0.1, 0.15) is 27.0 Å². The summed E-state index contributed by atoms with van der Waals surface area (Å²) < 4.78 is 4.94. The largest absolute Gasteiger partial charge is 0.462 e. The Balaban J connectivity index is 2.16. The molecule has 0 aromatic carbocycles. The van der Waals surface area contributed by atoms with Crippen LogP contribution in [-0.4, -0.2) is 34.7 Å². The molecule has 22 heavy (non-hydrogen) atoms. The van der Waals surface area contributed by atoms with Gasteiger partial charge in [0.1, 0.15) is 5.56 Å². The number of thiophene rings is 1. The molecule has 116 valence electrons. The Morgan fingerprint density at radius 3 is 2.91 bits per heavy atom. The second-order valence-corrected chi connectivity index (χ2v) is 5.62. The Kier molecular flexibility index (Phi) is 5.73. The quantitative estimate of drug-likeness (QED) is 0.361. The minimum absolute atomic E-state index is 0.158. The van der Waals surface area contributed by atoms with E-state index in [4.69, 9.17) is 4.74 Å². The number of aromatic nitrogens is 2. The zero-order valence-electron chi connectivity index (χ0n) is 12.0. The first-order valence-electron chi connectivity index (χ1n) is 6.33. The Morgan fingerprint density at radius 2 is 2.27 bits per heavy atom. The molecule has 0 aliphatic rings. The van der Waals surface area contributed by atoms with E-state index in [0.717, 1.165) is 0 Å². The average Bonchev–Trinajstić information content (AvgIpc) is 3.07. The van der Waals surface area contributed by atoms with E-state index in [1.807, 2.05) is 6.26 Å². The predicted molar refractivity (Wildman–Crippen MR) is 85.2 cm³/mol. The maximum absolute atomic E-state index is 11.9. The van der Waals surface area contributed by atoms with E-state index in [2.05, 4.69) is 20.8 Å². The van der Waals surface area contributed by atoms with E-state index >= 15 is 0 Å². The number of anilines is 1. The Hall–Kier alpha value is -2.13. The lowest BCUT2D eigenvalue weighted by molar-refractivity contribution is 0.0526. The summed E-state index contributed by atoms with van der Waals surface area (Å²) in [7, 11) is 0. The van der Waals surface area contributed by atoms with Crippen molar-refractivity contribution in [3.05, 3.63) is 34.2 Å². The lowest BCUT2D eigenvalue weighted by atomic mass is 10.3. The lowest BCUT2D eigenvalue weighted by Gasteiger charge is -2.11. The first kappa shape index (κ1) is 16.2. The number of carbonyl (C=O) groups is 2. The molecule has 0 radical (unpaired) electrons. The molecule has 9 heteroatoms. The van der Waals surface area contributed by atoms with Crippen LogP contribution < -0.4 is 10.9 Å². The summed E-state index contributed by atoms with van der Waals surface area (Å²) >= 11 is 2.64. The van der Waals surface area contributed by atoms with Crippen molar-refractivity contribution in [1.29, 1.82) is 0 Å². The standard InChI is InChI=1S/C13H14N4O3S2/c1-3-20-12(19)8-7-14-13(21-2)15-10(8)16-17-11(18)9-5-4-6-22-9/h4-7H,3H2,1-2H3,(H,17,18)(H,14,15,16). The number of esters is 1. The smallest absolute Gasteiger partial charge is 0.343 e. The summed E-state index contributed by atoms with van der Waals surface area (Å²) in [6.45, 7) is 1.95. The number of rotatable bonds is 6. The molecular formula is C13H14N4O3S2. The number of hydrogen-bond donors (Lipinski definition) is 2. The number of hydrazine groups is 1. The van der Waals surface area contributed by atoms with Crippen molar-refractivity contribution >= 4 is 40.8 Å². The second-order valence-electron chi connectivity index (χ2n) is 3.90. The fraction of sp³-hybridized carbons (Fsp3) is 0.231. The molecule has 0 fully saturated rings. The second kappa shape index (κ2) is 7.76. The van der Waals surface area contributed by atoms with E-state index in [9.17, 15) is 9.59 Å². The van der Waals surface area contributed by atoms with Crippen molar-refractivity contribution in [2.75, 3.05) is 18.3 Å². The summed E-state index contributed by atoms with van der Waals surface area (Å²) in [5.41, 5.74) is 5.32. The van der Waals surface area contributed by atoms with Crippen LogP contribution >= 0.6 is 23.1 Å². The highest BCUT2D eigenvalue weighted by Crippen LogP contribution is 2.17. The van der Waals surface area contributed by atoms with E-state index in [1.165, 1.54) is 29.3 Å². The molecule has 0 saturated heterocycles. The van der Waals surface area contributed by atoms with Crippen molar-refractivity contribution < 1.29 is 14.3 Å². The molecule has 0 spiro atoms. The molecule has 0 aliphatic carbocycles. The highest BCUT2D eigenvalue weighted by Gasteiger charge is 2.17. The number of thioether (sulfide) groups is 1. The van der Waals surface area contributed by atoms with Gasteiger partial charge < -0.3 is 4.74 Å². The summed E-state index contributed by atoms with van der Waals surface area (Å²) in [6.07, 6.45) is 3.18. The number of carbonyl (C=O) groups excluding carboxylic acids is 2. The zero-order valence-corrected chi connectivity index (χ0v) is 13.6. The van der Waals surface area contributed by atoms with E-state index < -0.39 is 5.97 Å². The van der Waals surface area contributed by atoms with Crippen LogP contribution in [-0.2, 0) is 4.74 Å². The molecule has 2 rings (SSSR count). The van der Waals surface area contributed by atoms with E-state index in [-0.39, 0.29) is 23.9 Å². The molecule has 0 bridgehead atoms. The van der Waals surface area contributed by atoms with Gasteiger partial charge in [0, 0.05) is 6.20 Å². The summed E-state index contributed by atoms with van der Waals surface area (Å²) in [5.74, 6) is -0.667. The van der Waals surface area contributed by atoms with Gasteiger partial charge in [0.2, 0.25) is 0 Å². The molecule has 2 N–H and O–H groups in total. The van der Waals surface area contributed by atoms with Crippen molar-refractivity contribution in [1.82, 2.24) is 15.4 Å². The van der Waals surface area contributed by atoms with Crippen LogP contribution in [0.25, 0.3) is 0 Å². The fourth-order valence-electron chi connectivity index (χ4n) is 1.50. The molecule has 2 aromatic heterocycles. The topological polar surface area (TPSA) is 93.2 Å². The van der Waals surface area contributed by atoms with Gasteiger partial charge in [0.05, 0.1) is 11.5 Å². The Morgan fingerprint density at radius 1 is 1.45 bits per heavy atom. The summed E-state index contributed by atoms with van der Waals surface area (Å²) in [4.78, 5) is 32.6. The molecule has 0 aliphatic heterocycles. The lowest BCUT2D eigenvalue weighted by Crippen LogP contribution is -2.30. The molecule has 7 nitrogen and oxygen atoms in total.